The Morgan fingerprint density at radius 1 is 1.26 bits per heavy atom. The SMILES string of the molecule is Cc1c(-n2ncc(C(=O)Nc3cnc(N4N=CCN4)c(C#N)c3)c2C(F)(F)F)ccc(F)c1F. The van der Waals surface area contributed by atoms with Crippen LogP contribution in [0.15, 0.2) is 35.7 Å². The summed E-state index contributed by atoms with van der Waals surface area (Å²) in [6.45, 7) is 1.50. The maximum atomic E-state index is 13.9. The Morgan fingerprint density at radius 2 is 2.03 bits per heavy atom. The highest BCUT2D eigenvalue weighted by Gasteiger charge is 2.41. The smallest absolute Gasteiger partial charge is 0.320 e. The lowest BCUT2D eigenvalue weighted by atomic mass is 10.1. The zero-order chi connectivity index (χ0) is 24.6. The number of hydrogen-bond acceptors (Lipinski definition) is 7. The summed E-state index contributed by atoms with van der Waals surface area (Å²) >= 11 is 0. The van der Waals surface area contributed by atoms with Crippen molar-refractivity contribution < 1.29 is 26.7 Å². The van der Waals surface area contributed by atoms with Crippen LogP contribution in [0.5, 0.6) is 0 Å². The molecule has 0 bridgehead atoms. The van der Waals surface area contributed by atoms with Crippen molar-refractivity contribution in [1.29, 1.82) is 5.26 Å². The third kappa shape index (κ3) is 4.04. The summed E-state index contributed by atoms with van der Waals surface area (Å²) in [5.74, 6) is -3.64. The minimum Gasteiger partial charge on any atom is -0.320 e. The van der Waals surface area contributed by atoms with Crippen LogP contribution in [-0.2, 0) is 6.18 Å². The summed E-state index contributed by atoms with van der Waals surface area (Å²) in [5, 5.41) is 20.4. The summed E-state index contributed by atoms with van der Waals surface area (Å²) in [6.07, 6.45) is -1.74. The molecule has 1 amide bonds. The van der Waals surface area contributed by atoms with E-state index in [9.17, 15) is 32.0 Å². The molecule has 3 aromatic rings. The third-order valence-corrected chi connectivity index (χ3v) is 4.80. The van der Waals surface area contributed by atoms with E-state index in [4.69, 9.17) is 0 Å². The van der Waals surface area contributed by atoms with Gasteiger partial charge in [-0.3, -0.25) is 4.79 Å². The number of carbonyl (C=O) groups is 1. The molecule has 0 saturated carbocycles. The van der Waals surface area contributed by atoms with Gasteiger partial charge in [-0.1, -0.05) is 0 Å². The normalized spacial score (nSPS) is 13.3. The van der Waals surface area contributed by atoms with Crippen LogP contribution >= 0.6 is 0 Å². The van der Waals surface area contributed by atoms with E-state index in [-0.39, 0.29) is 22.8 Å². The van der Waals surface area contributed by atoms with Crippen LogP contribution in [0.1, 0.15) is 27.2 Å². The zero-order valence-corrected chi connectivity index (χ0v) is 17.2. The lowest BCUT2D eigenvalue weighted by molar-refractivity contribution is -0.143. The van der Waals surface area contributed by atoms with Gasteiger partial charge in [0.05, 0.1) is 35.9 Å². The number of nitriles is 1. The van der Waals surface area contributed by atoms with Gasteiger partial charge in [0, 0.05) is 11.8 Å². The summed E-state index contributed by atoms with van der Waals surface area (Å²) < 4.78 is 69.4. The topological polar surface area (TPSA) is 111 Å². The maximum absolute atomic E-state index is 13.9. The van der Waals surface area contributed by atoms with Crippen molar-refractivity contribution in [3.05, 3.63) is 64.6 Å². The molecule has 0 aliphatic carbocycles. The summed E-state index contributed by atoms with van der Waals surface area (Å²) in [6, 6.07) is 4.67. The first-order chi connectivity index (χ1) is 16.1. The van der Waals surface area contributed by atoms with E-state index in [0.29, 0.717) is 23.5 Å². The summed E-state index contributed by atoms with van der Waals surface area (Å²) in [5.41, 5.74) is -0.414. The Morgan fingerprint density at radius 3 is 2.68 bits per heavy atom. The number of nitrogens with one attached hydrogen (secondary N) is 2. The molecule has 9 nitrogen and oxygen atoms in total. The molecule has 4 rings (SSSR count). The lowest BCUT2D eigenvalue weighted by Crippen LogP contribution is -2.29. The number of pyridine rings is 1. The van der Waals surface area contributed by atoms with Crippen molar-refractivity contribution >= 4 is 23.6 Å². The predicted octanol–water partition coefficient (Wildman–Crippen LogP) is 3.31. The van der Waals surface area contributed by atoms with E-state index < -0.39 is 40.5 Å². The Labute approximate surface area is 188 Å². The quantitative estimate of drug-likeness (QED) is 0.559. The van der Waals surface area contributed by atoms with E-state index in [1.54, 1.807) is 0 Å². The van der Waals surface area contributed by atoms with Crippen LogP contribution < -0.4 is 15.9 Å². The predicted molar refractivity (Wildman–Crippen MR) is 109 cm³/mol. The second-order valence-electron chi connectivity index (χ2n) is 6.96. The second-order valence-corrected chi connectivity index (χ2v) is 6.96. The van der Waals surface area contributed by atoms with Gasteiger partial charge in [0.25, 0.3) is 5.91 Å². The highest BCUT2D eigenvalue weighted by Crippen LogP contribution is 2.35. The van der Waals surface area contributed by atoms with Crippen molar-refractivity contribution in [2.24, 2.45) is 5.10 Å². The highest BCUT2D eigenvalue weighted by atomic mass is 19.4. The molecule has 0 unspecified atom stereocenters. The molecule has 0 radical (unpaired) electrons. The van der Waals surface area contributed by atoms with Crippen LogP contribution in [-0.4, -0.2) is 33.4 Å². The average Bonchev–Trinajstić information content (AvgIpc) is 3.47. The van der Waals surface area contributed by atoms with Gasteiger partial charge in [0.1, 0.15) is 11.6 Å². The molecule has 1 aromatic carbocycles. The van der Waals surface area contributed by atoms with Gasteiger partial charge in [-0.05, 0) is 25.1 Å². The number of hydrazine groups is 1. The van der Waals surface area contributed by atoms with Gasteiger partial charge in [0.2, 0.25) is 0 Å². The molecule has 174 valence electrons. The maximum Gasteiger partial charge on any atom is 0.434 e. The number of rotatable bonds is 4. The second kappa shape index (κ2) is 8.52. The van der Waals surface area contributed by atoms with Crippen molar-refractivity contribution in [2.75, 3.05) is 17.0 Å². The standard InChI is InChI=1S/C20H13F5N8O/c1-10-15(3-2-14(21)16(10)22)32-17(20(23,24)25)13(9-30-32)19(34)31-12-6-11(7-26)18(27-8-12)33-28-4-5-29-33/h2-4,6,8-9,29H,5H2,1H3,(H,31,34). The number of benzene rings is 1. The van der Waals surface area contributed by atoms with Gasteiger partial charge in [-0.15, -0.1) is 0 Å². The van der Waals surface area contributed by atoms with E-state index in [1.807, 2.05) is 6.07 Å². The van der Waals surface area contributed by atoms with Crippen molar-refractivity contribution in [3.8, 4) is 11.8 Å². The third-order valence-electron chi connectivity index (χ3n) is 4.80. The largest absolute Gasteiger partial charge is 0.434 e. The Hall–Kier alpha value is -4.38. The van der Waals surface area contributed by atoms with Crippen molar-refractivity contribution in [2.45, 2.75) is 13.1 Å². The van der Waals surface area contributed by atoms with Crippen LogP contribution in [0.25, 0.3) is 5.69 Å². The van der Waals surface area contributed by atoms with Crippen LogP contribution in [0.3, 0.4) is 0 Å². The zero-order valence-electron chi connectivity index (χ0n) is 17.2. The van der Waals surface area contributed by atoms with Crippen LogP contribution in [0.4, 0.5) is 33.5 Å². The van der Waals surface area contributed by atoms with E-state index >= 15 is 0 Å². The number of nitrogens with zero attached hydrogens (tertiary/aromatic N) is 6. The van der Waals surface area contributed by atoms with Crippen molar-refractivity contribution in [1.82, 2.24) is 20.2 Å². The number of hydrazone groups is 1. The molecule has 0 fully saturated rings. The molecule has 1 aliphatic rings. The molecule has 0 spiro atoms. The minimum atomic E-state index is -5.07. The summed E-state index contributed by atoms with van der Waals surface area (Å²) in [7, 11) is 0. The highest BCUT2D eigenvalue weighted by molar-refractivity contribution is 6.05. The molecule has 34 heavy (non-hydrogen) atoms. The lowest BCUT2D eigenvalue weighted by Gasteiger charge is -2.16. The fraction of sp³-hybridized carbons (Fsp3) is 0.150. The van der Waals surface area contributed by atoms with Gasteiger partial charge in [0.15, 0.2) is 23.1 Å². The number of hydrogen-bond donors (Lipinski definition) is 2. The molecule has 3 heterocycles. The van der Waals surface area contributed by atoms with Gasteiger partial charge >= 0.3 is 6.18 Å². The first-order valence-corrected chi connectivity index (χ1v) is 9.49. The first kappa shape index (κ1) is 22.8. The van der Waals surface area contributed by atoms with Gasteiger partial charge in [-0.2, -0.15) is 33.8 Å². The molecule has 2 aromatic heterocycles. The Bertz CT molecular complexity index is 1360. The molecule has 0 saturated heterocycles. The van der Waals surface area contributed by atoms with Crippen LogP contribution in [0, 0.1) is 29.9 Å². The average molecular weight is 476 g/mol. The number of amides is 1. The molecule has 14 heteroatoms. The monoisotopic (exact) mass is 476 g/mol. The van der Waals surface area contributed by atoms with Crippen LogP contribution in [0.2, 0.25) is 0 Å². The fourth-order valence-electron chi connectivity index (χ4n) is 3.24. The molecule has 0 atom stereocenters. The number of anilines is 2. The number of halogens is 5. The number of carbonyl (C=O) groups excluding carboxylic acids is 1. The number of aromatic nitrogens is 3. The molecular weight excluding hydrogens is 463 g/mol. The van der Waals surface area contributed by atoms with Crippen molar-refractivity contribution in [3.63, 3.8) is 0 Å². The number of alkyl halides is 3. The summed E-state index contributed by atoms with van der Waals surface area (Å²) in [4.78, 5) is 16.7. The molecule has 1 aliphatic heterocycles. The van der Waals surface area contributed by atoms with Gasteiger partial charge < -0.3 is 5.32 Å². The van der Waals surface area contributed by atoms with E-state index in [2.05, 4.69) is 25.9 Å². The molecular formula is C20H13F5N8O. The fourth-order valence-corrected chi connectivity index (χ4v) is 3.24. The Balaban J connectivity index is 1.70. The van der Waals surface area contributed by atoms with Gasteiger partial charge in [-0.25, -0.2) is 23.9 Å². The Kier molecular flexibility index (Phi) is 5.71. The molecule has 2 N–H and O–H groups in total. The minimum absolute atomic E-state index is 0.00602. The first-order valence-electron chi connectivity index (χ1n) is 9.49. The van der Waals surface area contributed by atoms with E-state index in [0.717, 1.165) is 19.2 Å². The van der Waals surface area contributed by atoms with E-state index in [1.165, 1.54) is 17.4 Å².